The molecule has 2 aromatic rings. The van der Waals surface area contributed by atoms with Gasteiger partial charge in [0.1, 0.15) is 0 Å². The Morgan fingerprint density at radius 3 is 2.45 bits per heavy atom. The fourth-order valence-electron chi connectivity index (χ4n) is 1.73. The summed E-state index contributed by atoms with van der Waals surface area (Å²) in [5, 5.41) is 0. The van der Waals surface area contributed by atoms with E-state index < -0.39 is 11.7 Å². The van der Waals surface area contributed by atoms with E-state index in [9.17, 15) is 13.2 Å². The van der Waals surface area contributed by atoms with E-state index in [4.69, 9.17) is 5.73 Å². The van der Waals surface area contributed by atoms with Crippen LogP contribution in [0.4, 0.5) is 18.9 Å². The van der Waals surface area contributed by atoms with E-state index in [1.54, 1.807) is 18.2 Å². The maximum Gasteiger partial charge on any atom is 0.416 e. The van der Waals surface area contributed by atoms with Crippen LogP contribution in [0.25, 0.3) is 0 Å². The lowest BCUT2D eigenvalue weighted by molar-refractivity contribution is -0.138. The zero-order chi connectivity index (χ0) is 14.8. The molecule has 0 saturated heterocycles. The first-order valence-corrected chi connectivity index (χ1v) is 7.48. The third-order valence-electron chi connectivity index (χ3n) is 2.68. The minimum atomic E-state index is -4.33. The summed E-state index contributed by atoms with van der Waals surface area (Å²) in [5.41, 5.74) is 6.05. The molecule has 0 amide bonds. The molecule has 0 atom stereocenters. The third kappa shape index (κ3) is 3.70. The fraction of sp³-hybridized carbons (Fsp3) is 0.143. The molecule has 0 heterocycles. The van der Waals surface area contributed by atoms with Crippen LogP contribution in [0, 0.1) is 0 Å². The fourth-order valence-corrected chi connectivity index (χ4v) is 3.06. The molecule has 0 spiro atoms. The van der Waals surface area contributed by atoms with Crippen molar-refractivity contribution in [1.82, 2.24) is 0 Å². The van der Waals surface area contributed by atoms with Crippen LogP contribution in [0.2, 0.25) is 0 Å². The lowest BCUT2D eigenvalue weighted by atomic mass is 10.1. The second-order valence-electron chi connectivity index (χ2n) is 4.13. The van der Waals surface area contributed by atoms with Gasteiger partial charge in [-0.2, -0.15) is 13.2 Å². The number of hydrogen-bond donors (Lipinski definition) is 1. The number of rotatable bonds is 3. The Morgan fingerprint density at radius 1 is 1.10 bits per heavy atom. The lowest BCUT2D eigenvalue weighted by Gasteiger charge is -2.13. The van der Waals surface area contributed by atoms with E-state index >= 15 is 0 Å². The number of anilines is 1. The number of benzene rings is 2. The van der Waals surface area contributed by atoms with E-state index in [2.05, 4.69) is 15.9 Å². The van der Waals surface area contributed by atoms with E-state index in [1.807, 2.05) is 6.07 Å². The molecule has 0 aliphatic heterocycles. The molecule has 0 aromatic heterocycles. The summed E-state index contributed by atoms with van der Waals surface area (Å²) in [6, 6.07) is 10.9. The standard InChI is InChI=1S/C14H11BrF3NS/c15-10-5-6-13(12(19)7-10)20-8-9-3-1-2-4-11(9)14(16,17)18/h1-7H,8,19H2. The summed E-state index contributed by atoms with van der Waals surface area (Å²) in [7, 11) is 0. The average molecular weight is 362 g/mol. The molecule has 2 N–H and O–H groups in total. The summed E-state index contributed by atoms with van der Waals surface area (Å²) in [4.78, 5) is 0.769. The number of alkyl halides is 3. The van der Waals surface area contributed by atoms with Crippen LogP contribution in [0.1, 0.15) is 11.1 Å². The van der Waals surface area contributed by atoms with Gasteiger partial charge in [-0.15, -0.1) is 11.8 Å². The molecule has 6 heteroatoms. The molecule has 106 valence electrons. The minimum absolute atomic E-state index is 0.224. The molecular weight excluding hydrogens is 351 g/mol. The molecule has 20 heavy (non-hydrogen) atoms. The van der Waals surface area contributed by atoms with Crippen molar-refractivity contribution in [3.63, 3.8) is 0 Å². The van der Waals surface area contributed by atoms with Crippen molar-refractivity contribution in [3.05, 3.63) is 58.1 Å². The van der Waals surface area contributed by atoms with Crippen molar-refractivity contribution < 1.29 is 13.2 Å². The molecule has 2 rings (SSSR count). The highest BCUT2D eigenvalue weighted by Crippen LogP contribution is 2.36. The minimum Gasteiger partial charge on any atom is -0.398 e. The van der Waals surface area contributed by atoms with Gasteiger partial charge in [0.2, 0.25) is 0 Å². The second-order valence-corrected chi connectivity index (χ2v) is 6.06. The van der Waals surface area contributed by atoms with Gasteiger partial charge in [-0.3, -0.25) is 0 Å². The van der Waals surface area contributed by atoms with Gasteiger partial charge in [-0.1, -0.05) is 34.1 Å². The third-order valence-corrected chi connectivity index (χ3v) is 4.31. The number of nitrogen functional groups attached to an aromatic ring is 1. The van der Waals surface area contributed by atoms with Crippen molar-refractivity contribution in [2.75, 3.05) is 5.73 Å². The van der Waals surface area contributed by atoms with E-state index in [0.717, 1.165) is 15.4 Å². The molecule has 0 bridgehead atoms. The Balaban J connectivity index is 2.19. The first-order chi connectivity index (χ1) is 9.38. The van der Waals surface area contributed by atoms with Gasteiger partial charge in [-0.25, -0.2) is 0 Å². The molecule has 0 unspecified atom stereocenters. The summed E-state index contributed by atoms with van der Waals surface area (Å²) in [6.07, 6.45) is -4.33. The summed E-state index contributed by atoms with van der Waals surface area (Å²) in [5.74, 6) is 0.224. The van der Waals surface area contributed by atoms with Crippen LogP contribution in [0.3, 0.4) is 0 Å². The maximum atomic E-state index is 12.9. The van der Waals surface area contributed by atoms with Gasteiger partial charge in [-0.05, 0) is 29.8 Å². The number of hydrogen-bond acceptors (Lipinski definition) is 2. The van der Waals surface area contributed by atoms with Crippen LogP contribution in [0.15, 0.2) is 51.8 Å². The van der Waals surface area contributed by atoms with Crippen molar-refractivity contribution >= 4 is 33.4 Å². The number of thioether (sulfide) groups is 1. The molecule has 1 nitrogen and oxygen atoms in total. The van der Waals surface area contributed by atoms with Crippen LogP contribution in [-0.4, -0.2) is 0 Å². The van der Waals surface area contributed by atoms with E-state index in [0.29, 0.717) is 5.69 Å². The predicted octanol–water partition coefficient (Wildman–Crippen LogP) is 5.34. The van der Waals surface area contributed by atoms with Gasteiger partial charge < -0.3 is 5.73 Å². The quantitative estimate of drug-likeness (QED) is 0.589. The normalized spacial score (nSPS) is 11.6. The molecule has 2 aromatic carbocycles. The van der Waals surface area contributed by atoms with Crippen molar-refractivity contribution in [2.24, 2.45) is 0 Å². The van der Waals surface area contributed by atoms with Gasteiger partial charge in [0.05, 0.1) is 5.56 Å². The Labute approximate surface area is 127 Å². The van der Waals surface area contributed by atoms with Crippen molar-refractivity contribution in [3.8, 4) is 0 Å². The second kappa shape index (κ2) is 6.10. The molecular formula is C14H11BrF3NS. The van der Waals surface area contributed by atoms with Crippen molar-refractivity contribution in [1.29, 1.82) is 0 Å². The molecule has 0 aliphatic carbocycles. The summed E-state index contributed by atoms with van der Waals surface area (Å²) >= 11 is 4.59. The van der Waals surface area contributed by atoms with Crippen LogP contribution in [-0.2, 0) is 11.9 Å². The van der Waals surface area contributed by atoms with Crippen molar-refractivity contribution in [2.45, 2.75) is 16.8 Å². The zero-order valence-electron chi connectivity index (χ0n) is 10.2. The Kier molecular flexibility index (Phi) is 4.65. The van der Waals surface area contributed by atoms with Crippen LogP contribution in [0.5, 0.6) is 0 Å². The van der Waals surface area contributed by atoms with Gasteiger partial charge in [0.15, 0.2) is 0 Å². The average Bonchev–Trinajstić information content (AvgIpc) is 2.37. The molecule has 0 saturated carbocycles. The Morgan fingerprint density at radius 2 is 1.80 bits per heavy atom. The van der Waals surface area contributed by atoms with Gasteiger partial charge in [0, 0.05) is 20.8 Å². The molecule has 0 radical (unpaired) electrons. The highest BCUT2D eigenvalue weighted by atomic mass is 79.9. The largest absolute Gasteiger partial charge is 0.416 e. The van der Waals surface area contributed by atoms with E-state index in [-0.39, 0.29) is 11.3 Å². The first-order valence-electron chi connectivity index (χ1n) is 5.71. The SMILES string of the molecule is Nc1cc(Br)ccc1SCc1ccccc1C(F)(F)F. The topological polar surface area (TPSA) is 26.0 Å². The predicted molar refractivity (Wildman–Crippen MR) is 79.6 cm³/mol. The smallest absolute Gasteiger partial charge is 0.398 e. The van der Waals surface area contributed by atoms with E-state index in [1.165, 1.54) is 23.9 Å². The summed E-state index contributed by atoms with van der Waals surface area (Å²) in [6.45, 7) is 0. The number of halogens is 4. The zero-order valence-corrected chi connectivity index (χ0v) is 12.6. The van der Waals surface area contributed by atoms with Gasteiger partial charge in [0.25, 0.3) is 0 Å². The highest BCUT2D eigenvalue weighted by Gasteiger charge is 2.32. The van der Waals surface area contributed by atoms with Gasteiger partial charge >= 0.3 is 6.18 Å². The van der Waals surface area contributed by atoms with Crippen LogP contribution < -0.4 is 5.73 Å². The monoisotopic (exact) mass is 361 g/mol. The molecule has 0 fully saturated rings. The Hall–Kier alpha value is -1.14. The van der Waals surface area contributed by atoms with Crippen LogP contribution >= 0.6 is 27.7 Å². The Bertz CT molecular complexity index is 614. The lowest BCUT2D eigenvalue weighted by Crippen LogP contribution is -2.08. The summed E-state index contributed by atoms with van der Waals surface area (Å²) < 4.78 is 39.4. The highest BCUT2D eigenvalue weighted by molar-refractivity contribution is 9.10. The number of nitrogens with two attached hydrogens (primary N) is 1. The maximum absolute atomic E-state index is 12.9. The first kappa shape index (κ1) is 15.3. The molecule has 0 aliphatic rings.